The van der Waals surface area contributed by atoms with E-state index in [2.05, 4.69) is 5.32 Å². The SMILES string of the molecule is COCCNCC1(C(=O)OC)CCC1. The van der Waals surface area contributed by atoms with Crippen LogP contribution >= 0.6 is 0 Å². The molecule has 0 aromatic carbocycles. The summed E-state index contributed by atoms with van der Waals surface area (Å²) in [5, 5.41) is 3.22. The highest BCUT2D eigenvalue weighted by atomic mass is 16.5. The number of methoxy groups -OCH3 is 2. The van der Waals surface area contributed by atoms with E-state index in [1.807, 2.05) is 0 Å². The van der Waals surface area contributed by atoms with Crippen LogP contribution in [0.4, 0.5) is 0 Å². The third kappa shape index (κ3) is 2.45. The lowest BCUT2D eigenvalue weighted by molar-refractivity contribution is -0.158. The number of nitrogens with one attached hydrogen (secondary N) is 1. The second kappa shape index (κ2) is 5.32. The monoisotopic (exact) mass is 201 g/mol. The molecule has 0 amide bonds. The second-order valence-corrected chi connectivity index (χ2v) is 3.80. The van der Waals surface area contributed by atoms with Crippen LogP contribution in [0, 0.1) is 5.41 Å². The molecule has 0 radical (unpaired) electrons. The van der Waals surface area contributed by atoms with Crippen LogP contribution in [-0.4, -0.2) is 39.9 Å². The van der Waals surface area contributed by atoms with E-state index < -0.39 is 0 Å². The molecule has 0 heterocycles. The summed E-state index contributed by atoms with van der Waals surface area (Å²) in [6.45, 7) is 2.18. The van der Waals surface area contributed by atoms with Crippen LogP contribution < -0.4 is 5.32 Å². The van der Waals surface area contributed by atoms with Gasteiger partial charge in [0.15, 0.2) is 0 Å². The molecule has 82 valence electrons. The summed E-state index contributed by atoms with van der Waals surface area (Å²) in [6, 6.07) is 0. The Balaban J connectivity index is 2.27. The van der Waals surface area contributed by atoms with Gasteiger partial charge in [-0.2, -0.15) is 0 Å². The van der Waals surface area contributed by atoms with E-state index in [1.165, 1.54) is 7.11 Å². The van der Waals surface area contributed by atoms with E-state index in [1.54, 1.807) is 7.11 Å². The minimum absolute atomic E-state index is 0.0753. The molecule has 0 aliphatic heterocycles. The number of ether oxygens (including phenoxy) is 2. The zero-order chi connectivity index (χ0) is 10.4. The molecular formula is C10H19NO3. The van der Waals surface area contributed by atoms with Gasteiger partial charge in [0, 0.05) is 20.2 Å². The van der Waals surface area contributed by atoms with Crippen molar-refractivity contribution in [1.29, 1.82) is 0 Å². The van der Waals surface area contributed by atoms with Crippen molar-refractivity contribution in [3.8, 4) is 0 Å². The predicted octanol–water partition coefficient (Wildman–Crippen LogP) is 0.566. The topological polar surface area (TPSA) is 47.6 Å². The van der Waals surface area contributed by atoms with Crippen LogP contribution in [0.25, 0.3) is 0 Å². The first-order chi connectivity index (χ1) is 6.75. The van der Waals surface area contributed by atoms with Gasteiger partial charge >= 0.3 is 5.97 Å². The zero-order valence-electron chi connectivity index (χ0n) is 8.97. The highest BCUT2D eigenvalue weighted by Gasteiger charge is 2.44. The minimum atomic E-state index is -0.248. The molecule has 0 atom stereocenters. The Kier molecular flexibility index (Phi) is 4.35. The summed E-state index contributed by atoms with van der Waals surface area (Å²) >= 11 is 0. The fraction of sp³-hybridized carbons (Fsp3) is 0.900. The Labute approximate surface area is 85.0 Å². The average Bonchev–Trinajstić information content (AvgIpc) is 2.14. The van der Waals surface area contributed by atoms with Crippen molar-refractivity contribution >= 4 is 5.97 Å². The first-order valence-corrected chi connectivity index (χ1v) is 5.03. The van der Waals surface area contributed by atoms with Crippen LogP contribution in [0.15, 0.2) is 0 Å². The lowest BCUT2D eigenvalue weighted by atomic mass is 9.68. The molecule has 4 nitrogen and oxygen atoms in total. The van der Waals surface area contributed by atoms with Gasteiger partial charge < -0.3 is 14.8 Å². The normalized spacial score (nSPS) is 18.7. The second-order valence-electron chi connectivity index (χ2n) is 3.80. The van der Waals surface area contributed by atoms with Crippen molar-refractivity contribution in [3.05, 3.63) is 0 Å². The molecule has 1 fully saturated rings. The molecule has 1 N–H and O–H groups in total. The van der Waals surface area contributed by atoms with Gasteiger partial charge in [0.25, 0.3) is 0 Å². The highest BCUT2D eigenvalue weighted by Crippen LogP contribution is 2.41. The molecule has 0 aromatic heterocycles. The predicted molar refractivity (Wildman–Crippen MR) is 53.0 cm³/mol. The average molecular weight is 201 g/mol. The quantitative estimate of drug-likeness (QED) is 0.504. The molecule has 14 heavy (non-hydrogen) atoms. The number of carbonyl (C=O) groups is 1. The van der Waals surface area contributed by atoms with Crippen LogP contribution in [-0.2, 0) is 14.3 Å². The molecule has 1 rings (SSSR count). The van der Waals surface area contributed by atoms with E-state index in [0.29, 0.717) is 13.2 Å². The van der Waals surface area contributed by atoms with Gasteiger partial charge in [-0.15, -0.1) is 0 Å². The van der Waals surface area contributed by atoms with Crippen LogP contribution in [0.5, 0.6) is 0 Å². The molecular weight excluding hydrogens is 182 g/mol. The number of carbonyl (C=O) groups excluding carboxylic acids is 1. The lowest BCUT2D eigenvalue weighted by Crippen LogP contribution is -2.47. The van der Waals surface area contributed by atoms with Gasteiger partial charge in [-0.3, -0.25) is 4.79 Å². The molecule has 0 saturated heterocycles. The van der Waals surface area contributed by atoms with Crippen LogP contribution in [0.1, 0.15) is 19.3 Å². The van der Waals surface area contributed by atoms with Crippen molar-refractivity contribution in [3.63, 3.8) is 0 Å². The summed E-state index contributed by atoms with van der Waals surface area (Å²) in [6.07, 6.45) is 3.01. The lowest BCUT2D eigenvalue weighted by Gasteiger charge is -2.38. The maximum Gasteiger partial charge on any atom is 0.313 e. The molecule has 0 bridgehead atoms. The molecule has 1 aliphatic carbocycles. The third-order valence-corrected chi connectivity index (χ3v) is 2.88. The first-order valence-electron chi connectivity index (χ1n) is 5.03. The third-order valence-electron chi connectivity index (χ3n) is 2.88. The molecule has 1 saturated carbocycles. The van der Waals surface area contributed by atoms with E-state index in [-0.39, 0.29) is 11.4 Å². The Morgan fingerprint density at radius 3 is 2.57 bits per heavy atom. The van der Waals surface area contributed by atoms with E-state index >= 15 is 0 Å². The Hall–Kier alpha value is -0.610. The standard InChI is InChI=1S/C10H19NO3/c1-13-7-6-11-8-10(4-3-5-10)9(12)14-2/h11H,3-8H2,1-2H3. The Morgan fingerprint density at radius 2 is 2.14 bits per heavy atom. The number of hydrogen-bond acceptors (Lipinski definition) is 4. The van der Waals surface area contributed by atoms with Crippen LogP contribution in [0.2, 0.25) is 0 Å². The summed E-state index contributed by atoms with van der Waals surface area (Å²) in [7, 11) is 3.12. The molecule has 0 aromatic rings. The van der Waals surface area contributed by atoms with Crippen molar-refractivity contribution in [2.24, 2.45) is 5.41 Å². The van der Waals surface area contributed by atoms with Gasteiger partial charge in [0.1, 0.15) is 0 Å². The minimum Gasteiger partial charge on any atom is -0.469 e. The van der Waals surface area contributed by atoms with Crippen molar-refractivity contribution < 1.29 is 14.3 Å². The largest absolute Gasteiger partial charge is 0.469 e. The fourth-order valence-electron chi connectivity index (χ4n) is 1.78. The smallest absolute Gasteiger partial charge is 0.313 e. The number of rotatable bonds is 6. The number of esters is 1. The van der Waals surface area contributed by atoms with Gasteiger partial charge in [0.05, 0.1) is 19.1 Å². The maximum atomic E-state index is 11.5. The molecule has 0 unspecified atom stereocenters. The summed E-state index contributed by atoms with van der Waals surface area (Å²) < 4.78 is 9.72. The maximum absolute atomic E-state index is 11.5. The summed E-state index contributed by atoms with van der Waals surface area (Å²) in [5.74, 6) is -0.0753. The van der Waals surface area contributed by atoms with E-state index in [4.69, 9.17) is 9.47 Å². The van der Waals surface area contributed by atoms with Gasteiger partial charge in [-0.1, -0.05) is 6.42 Å². The zero-order valence-corrected chi connectivity index (χ0v) is 8.97. The van der Waals surface area contributed by atoms with Gasteiger partial charge in [-0.25, -0.2) is 0 Å². The Morgan fingerprint density at radius 1 is 1.43 bits per heavy atom. The van der Waals surface area contributed by atoms with Gasteiger partial charge in [-0.05, 0) is 12.8 Å². The van der Waals surface area contributed by atoms with Crippen molar-refractivity contribution in [2.45, 2.75) is 19.3 Å². The molecule has 0 spiro atoms. The highest BCUT2D eigenvalue weighted by molar-refractivity contribution is 5.78. The fourth-order valence-corrected chi connectivity index (χ4v) is 1.78. The van der Waals surface area contributed by atoms with Crippen LogP contribution in [0.3, 0.4) is 0 Å². The van der Waals surface area contributed by atoms with Crippen molar-refractivity contribution in [1.82, 2.24) is 5.32 Å². The number of hydrogen-bond donors (Lipinski definition) is 1. The molecule has 1 aliphatic rings. The molecule has 4 heteroatoms. The first kappa shape index (κ1) is 11.5. The van der Waals surface area contributed by atoms with E-state index in [0.717, 1.165) is 25.8 Å². The van der Waals surface area contributed by atoms with Gasteiger partial charge in [0.2, 0.25) is 0 Å². The van der Waals surface area contributed by atoms with Crippen molar-refractivity contribution in [2.75, 3.05) is 33.9 Å². The Bertz CT molecular complexity index is 190. The van der Waals surface area contributed by atoms with E-state index in [9.17, 15) is 4.79 Å². The summed E-state index contributed by atoms with van der Waals surface area (Å²) in [5.41, 5.74) is -0.248. The summed E-state index contributed by atoms with van der Waals surface area (Å²) in [4.78, 5) is 11.5.